The number of alkyl carbamates (subject to hydrolysis) is 1. The van der Waals surface area contributed by atoms with Gasteiger partial charge in [0.15, 0.2) is 0 Å². The number of amides is 1. The van der Waals surface area contributed by atoms with Gasteiger partial charge in [0.1, 0.15) is 5.60 Å². The zero-order chi connectivity index (χ0) is 19.0. The van der Waals surface area contributed by atoms with Gasteiger partial charge >= 0.3 is 6.09 Å². The van der Waals surface area contributed by atoms with Gasteiger partial charge in [0.2, 0.25) is 0 Å². The van der Waals surface area contributed by atoms with E-state index in [1.807, 2.05) is 20.8 Å². The number of nitrogens with zero attached hydrogens (tertiary/aromatic N) is 1. The summed E-state index contributed by atoms with van der Waals surface area (Å²) >= 11 is 0. The van der Waals surface area contributed by atoms with Crippen LogP contribution in [0.15, 0.2) is 48.5 Å². The Labute approximate surface area is 161 Å². The molecule has 4 heteroatoms. The van der Waals surface area contributed by atoms with Crippen LogP contribution >= 0.6 is 0 Å². The van der Waals surface area contributed by atoms with Crippen LogP contribution in [-0.4, -0.2) is 35.7 Å². The van der Waals surface area contributed by atoms with E-state index in [0.717, 1.165) is 25.9 Å². The van der Waals surface area contributed by atoms with E-state index in [0.29, 0.717) is 0 Å². The molecule has 142 valence electrons. The second kappa shape index (κ2) is 7.01. The number of ether oxygens (including phenoxy) is 1. The molecular weight excluding hydrogens is 336 g/mol. The van der Waals surface area contributed by atoms with Crippen LogP contribution in [0.4, 0.5) is 4.79 Å². The van der Waals surface area contributed by atoms with Gasteiger partial charge in [0.05, 0.1) is 6.04 Å². The second-order valence-corrected chi connectivity index (χ2v) is 8.56. The van der Waals surface area contributed by atoms with Crippen molar-refractivity contribution < 1.29 is 9.53 Å². The van der Waals surface area contributed by atoms with Crippen LogP contribution in [0.2, 0.25) is 0 Å². The van der Waals surface area contributed by atoms with Crippen LogP contribution in [-0.2, 0) is 4.74 Å². The Hall–Kier alpha value is -2.33. The third-order valence-electron chi connectivity index (χ3n) is 5.34. The largest absolute Gasteiger partial charge is 0.444 e. The molecule has 0 saturated carbocycles. The molecule has 1 aliphatic carbocycles. The summed E-state index contributed by atoms with van der Waals surface area (Å²) in [6, 6.07) is 17.8. The molecule has 4 rings (SSSR count). The van der Waals surface area contributed by atoms with Gasteiger partial charge in [-0.25, -0.2) is 4.79 Å². The summed E-state index contributed by atoms with van der Waals surface area (Å²) in [4.78, 5) is 14.7. The smallest absolute Gasteiger partial charge is 0.407 e. The second-order valence-electron chi connectivity index (χ2n) is 8.56. The first kappa shape index (κ1) is 18.1. The summed E-state index contributed by atoms with van der Waals surface area (Å²) in [6.07, 6.45) is 1.74. The van der Waals surface area contributed by atoms with E-state index in [-0.39, 0.29) is 18.2 Å². The number of benzene rings is 2. The van der Waals surface area contributed by atoms with Gasteiger partial charge in [-0.3, -0.25) is 4.90 Å². The lowest BCUT2D eigenvalue weighted by molar-refractivity contribution is 0.0463. The van der Waals surface area contributed by atoms with Crippen molar-refractivity contribution in [1.29, 1.82) is 0 Å². The predicted octanol–water partition coefficient (Wildman–Crippen LogP) is 4.75. The van der Waals surface area contributed by atoms with Crippen LogP contribution in [0, 0.1) is 0 Å². The topological polar surface area (TPSA) is 41.6 Å². The van der Waals surface area contributed by atoms with E-state index in [4.69, 9.17) is 4.74 Å². The lowest BCUT2D eigenvalue weighted by Gasteiger charge is -2.38. The summed E-state index contributed by atoms with van der Waals surface area (Å²) in [6.45, 7) is 7.57. The molecule has 1 atom stereocenters. The molecule has 1 heterocycles. The Morgan fingerprint density at radius 3 is 2.22 bits per heavy atom. The molecule has 0 spiro atoms. The molecule has 0 unspecified atom stereocenters. The number of rotatable bonds is 2. The number of nitrogens with one attached hydrogen (secondary N) is 1. The Morgan fingerprint density at radius 2 is 1.63 bits per heavy atom. The van der Waals surface area contributed by atoms with Crippen molar-refractivity contribution in [3.8, 4) is 11.1 Å². The molecule has 0 aromatic heterocycles. The maximum absolute atomic E-state index is 12.2. The Kier molecular flexibility index (Phi) is 4.68. The standard InChI is InChI=1S/C23H28N2O2/c1-23(2,3)27-22(26)24-16-9-8-14-25(15-16)21-19-12-6-4-10-17(19)18-11-5-7-13-20(18)21/h4-7,10-13,16,21H,8-9,14-15H2,1-3H3,(H,24,26)/t16-/m1/s1. The third kappa shape index (κ3) is 3.72. The zero-order valence-electron chi connectivity index (χ0n) is 16.4. The van der Waals surface area contributed by atoms with Crippen molar-refractivity contribution in [2.24, 2.45) is 0 Å². The molecule has 0 radical (unpaired) electrons. The number of carbonyl (C=O) groups is 1. The zero-order valence-corrected chi connectivity index (χ0v) is 16.4. The minimum atomic E-state index is -0.470. The van der Waals surface area contributed by atoms with Gasteiger partial charge < -0.3 is 10.1 Å². The summed E-state index contributed by atoms with van der Waals surface area (Å²) in [5, 5.41) is 3.07. The van der Waals surface area contributed by atoms with Gasteiger partial charge in [-0.1, -0.05) is 48.5 Å². The average molecular weight is 364 g/mol. The maximum Gasteiger partial charge on any atom is 0.407 e. The van der Waals surface area contributed by atoms with E-state index in [2.05, 4.69) is 58.7 Å². The van der Waals surface area contributed by atoms with Crippen LogP contribution in [0.3, 0.4) is 0 Å². The van der Waals surface area contributed by atoms with Gasteiger partial charge in [-0.15, -0.1) is 0 Å². The molecule has 4 nitrogen and oxygen atoms in total. The van der Waals surface area contributed by atoms with Crippen molar-refractivity contribution in [2.45, 2.75) is 51.3 Å². The highest BCUT2D eigenvalue weighted by atomic mass is 16.6. The molecule has 1 saturated heterocycles. The monoisotopic (exact) mass is 364 g/mol. The maximum atomic E-state index is 12.2. The van der Waals surface area contributed by atoms with Crippen molar-refractivity contribution in [1.82, 2.24) is 10.2 Å². The Bertz CT molecular complexity index is 795. The van der Waals surface area contributed by atoms with Crippen LogP contribution in [0.5, 0.6) is 0 Å². The first-order chi connectivity index (χ1) is 12.9. The fraction of sp³-hybridized carbons (Fsp3) is 0.435. The number of fused-ring (bicyclic) bond motifs is 3. The van der Waals surface area contributed by atoms with Crippen LogP contribution in [0.25, 0.3) is 11.1 Å². The molecule has 1 N–H and O–H groups in total. The lowest BCUT2D eigenvalue weighted by atomic mass is 9.98. The Morgan fingerprint density at radius 1 is 1.04 bits per heavy atom. The van der Waals surface area contributed by atoms with E-state index in [1.165, 1.54) is 22.3 Å². The SMILES string of the molecule is CC(C)(C)OC(=O)N[C@@H]1CCCN(C2c3ccccc3-c3ccccc32)C1. The van der Waals surface area contributed by atoms with Crippen LogP contribution < -0.4 is 5.32 Å². The molecule has 1 fully saturated rings. The molecule has 0 bridgehead atoms. The van der Waals surface area contributed by atoms with E-state index < -0.39 is 5.60 Å². The molecule has 2 aromatic rings. The van der Waals surface area contributed by atoms with Gasteiger partial charge in [0, 0.05) is 12.6 Å². The first-order valence-electron chi connectivity index (χ1n) is 9.84. The fourth-order valence-corrected chi connectivity index (χ4v) is 4.36. The molecule has 1 aliphatic heterocycles. The number of piperidine rings is 1. The highest BCUT2D eigenvalue weighted by molar-refractivity contribution is 5.78. The molecule has 2 aliphatic rings. The molecule has 27 heavy (non-hydrogen) atoms. The highest BCUT2D eigenvalue weighted by Gasteiger charge is 2.35. The van der Waals surface area contributed by atoms with Crippen molar-refractivity contribution >= 4 is 6.09 Å². The highest BCUT2D eigenvalue weighted by Crippen LogP contribution is 2.46. The number of hydrogen-bond donors (Lipinski definition) is 1. The molecule has 1 amide bonds. The average Bonchev–Trinajstić information content (AvgIpc) is 2.95. The third-order valence-corrected chi connectivity index (χ3v) is 5.34. The minimum Gasteiger partial charge on any atom is -0.444 e. The Balaban J connectivity index is 1.54. The number of hydrogen-bond acceptors (Lipinski definition) is 3. The number of carbonyl (C=O) groups excluding carboxylic acids is 1. The van der Waals surface area contributed by atoms with Crippen molar-refractivity contribution in [2.75, 3.05) is 13.1 Å². The van der Waals surface area contributed by atoms with Crippen molar-refractivity contribution in [3.05, 3.63) is 59.7 Å². The fourth-order valence-electron chi connectivity index (χ4n) is 4.36. The van der Waals surface area contributed by atoms with E-state index in [1.54, 1.807) is 0 Å². The summed E-state index contributed by atoms with van der Waals surface area (Å²) < 4.78 is 5.45. The van der Waals surface area contributed by atoms with Gasteiger partial charge in [-0.2, -0.15) is 0 Å². The summed E-state index contributed by atoms with van der Waals surface area (Å²) in [5.41, 5.74) is 4.94. The minimum absolute atomic E-state index is 0.119. The lowest BCUT2D eigenvalue weighted by Crippen LogP contribution is -2.49. The quantitative estimate of drug-likeness (QED) is 0.836. The van der Waals surface area contributed by atoms with Gasteiger partial charge in [0.25, 0.3) is 0 Å². The van der Waals surface area contributed by atoms with Crippen LogP contribution in [0.1, 0.15) is 50.8 Å². The molecule has 2 aromatic carbocycles. The first-order valence-corrected chi connectivity index (χ1v) is 9.84. The van der Waals surface area contributed by atoms with Gasteiger partial charge in [-0.05, 0) is 62.4 Å². The van der Waals surface area contributed by atoms with E-state index >= 15 is 0 Å². The molecular formula is C23H28N2O2. The van der Waals surface area contributed by atoms with Crippen molar-refractivity contribution in [3.63, 3.8) is 0 Å². The normalized spacial score (nSPS) is 20.0. The predicted molar refractivity (Wildman–Crippen MR) is 108 cm³/mol. The number of likely N-dealkylation sites (tertiary alicyclic amines) is 1. The summed E-state index contributed by atoms with van der Waals surface area (Å²) in [5.74, 6) is 0. The van der Waals surface area contributed by atoms with E-state index in [9.17, 15) is 4.79 Å². The summed E-state index contributed by atoms with van der Waals surface area (Å²) in [7, 11) is 0.